The Hall–Kier alpha value is -2.29. The summed E-state index contributed by atoms with van der Waals surface area (Å²) in [5, 5.41) is 6.15. The van der Waals surface area contributed by atoms with Gasteiger partial charge in [-0.15, -0.1) is 21.5 Å². The van der Waals surface area contributed by atoms with Gasteiger partial charge >= 0.3 is 12.4 Å². The third-order valence-electron chi connectivity index (χ3n) is 4.37. The third kappa shape index (κ3) is 3.99. The predicted molar refractivity (Wildman–Crippen MR) is 96.7 cm³/mol. The molecule has 0 aliphatic carbocycles. The van der Waals surface area contributed by atoms with Gasteiger partial charge in [-0.3, -0.25) is 0 Å². The normalized spacial score (nSPS) is 17.0. The maximum atomic E-state index is 13.7. The number of hydrogen-bond donors (Lipinski definition) is 0. The standard InChI is InChI=1S/C15H11F7N6S2/c16-9(14(17,18)19)8-5-7-10(23-6-24-11(7)29-8)27-1-3-28(4-2-27)13-26-25-12(30-13)15(20,21)22/h5-6,9H,1-4H2. The van der Waals surface area contributed by atoms with Crippen molar-refractivity contribution in [1.29, 1.82) is 0 Å². The van der Waals surface area contributed by atoms with Crippen molar-refractivity contribution in [2.75, 3.05) is 36.0 Å². The van der Waals surface area contributed by atoms with Crippen LogP contribution in [0.3, 0.4) is 0 Å². The maximum absolute atomic E-state index is 13.7. The Morgan fingerprint density at radius 1 is 0.900 bits per heavy atom. The summed E-state index contributed by atoms with van der Waals surface area (Å²) in [5.41, 5.74) is 0. The molecule has 3 aromatic rings. The number of thiophene rings is 1. The number of alkyl halides is 7. The molecule has 1 unspecified atom stereocenters. The Bertz CT molecular complexity index is 1040. The molecular formula is C15H11F7N6S2. The number of nitrogens with zero attached hydrogens (tertiary/aromatic N) is 6. The third-order valence-corrected chi connectivity index (χ3v) is 6.48. The zero-order valence-electron chi connectivity index (χ0n) is 14.7. The van der Waals surface area contributed by atoms with Crippen LogP contribution in [-0.2, 0) is 6.18 Å². The molecule has 3 aromatic heterocycles. The highest BCUT2D eigenvalue weighted by Crippen LogP contribution is 2.42. The minimum Gasteiger partial charge on any atom is -0.352 e. The second-order valence-corrected chi connectivity index (χ2v) is 8.35. The Morgan fingerprint density at radius 2 is 1.57 bits per heavy atom. The van der Waals surface area contributed by atoms with E-state index in [1.165, 1.54) is 6.33 Å². The number of halogens is 7. The fourth-order valence-electron chi connectivity index (χ4n) is 2.97. The van der Waals surface area contributed by atoms with E-state index in [0.717, 1.165) is 6.07 Å². The average molecular weight is 472 g/mol. The van der Waals surface area contributed by atoms with Crippen LogP contribution in [0.2, 0.25) is 0 Å². The molecule has 4 heterocycles. The molecule has 0 bridgehead atoms. The molecule has 0 N–H and O–H groups in total. The lowest BCUT2D eigenvalue weighted by Gasteiger charge is -2.35. The fourth-order valence-corrected chi connectivity index (χ4v) is 4.73. The average Bonchev–Trinajstić information content (AvgIpc) is 3.33. The zero-order chi connectivity index (χ0) is 21.7. The van der Waals surface area contributed by atoms with Crippen molar-refractivity contribution in [3.05, 3.63) is 22.3 Å². The Kier molecular flexibility index (Phi) is 5.20. The van der Waals surface area contributed by atoms with E-state index in [9.17, 15) is 30.7 Å². The second-order valence-electron chi connectivity index (χ2n) is 6.33. The summed E-state index contributed by atoms with van der Waals surface area (Å²) in [6.45, 7) is 1.28. The minimum absolute atomic E-state index is 0.137. The molecule has 1 fully saturated rings. The summed E-state index contributed by atoms with van der Waals surface area (Å²) >= 11 is 1.05. The van der Waals surface area contributed by atoms with Crippen molar-refractivity contribution in [3.63, 3.8) is 0 Å². The molecule has 0 radical (unpaired) electrons. The highest BCUT2D eigenvalue weighted by molar-refractivity contribution is 7.18. The topological polar surface area (TPSA) is 58.0 Å². The van der Waals surface area contributed by atoms with E-state index >= 15 is 0 Å². The van der Waals surface area contributed by atoms with Crippen LogP contribution in [0.1, 0.15) is 16.1 Å². The SMILES string of the molecule is FC(c1cc2c(N3CCN(c4nnc(C(F)(F)F)s4)CC3)ncnc2s1)C(F)(F)F. The molecule has 0 amide bonds. The molecule has 1 aliphatic heterocycles. The summed E-state index contributed by atoms with van der Waals surface area (Å²) in [6.07, 6.45) is -11.5. The highest BCUT2D eigenvalue weighted by atomic mass is 32.1. The van der Waals surface area contributed by atoms with E-state index in [2.05, 4.69) is 20.2 Å². The van der Waals surface area contributed by atoms with Gasteiger partial charge in [0.1, 0.15) is 17.0 Å². The van der Waals surface area contributed by atoms with Gasteiger partial charge in [0.25, 0.3) is 0 Å². The highest BCUT2D eigenvalue weighted by Gasteiger charge is 2.42. The van der Waals surface area contributed by atoms with Gasteiger partial charge in [0.05, 0.1) is 10.3 Å². The van der Waals surface area contributed by atoms with Gasteiger partial charge in [0, 0.05) is 26.2 Å². The van der Waals surface area contributed by atoms with Crippen LogP contribution in [0.15, 0.2) is 12.4 Å². The molecule has 15 heteroatoms. The van der Waals surface area contributed by atoms with Crippen LogP contribution in [0.25, 0.3) is 10.2 Å². The first-order chi connectivity index (χ1) is 14.0. The van der Waals surface area contributed by atoms with Crippen molar-refractivity contribution in [1.82, 2.24) is 20.2 Å². The summed E-state index contributed by atoms with van der Waals surface area (Å²) in [5.74, 6) is 0.352. The molecule has 0 saturated carbocycles. The van der Waals surface area contributed by atoms with Crippen LogP contribution in [-0.4, -0.2) is 52.5 Å². The molecule has 1 saturated heterocycles. The van der Waals surface area contributed by atoms with Gasteiger partial charge in [-0.2, -0.15) is 26.3 Å². The molecule has 30 heavy (non-hydrogen) atoms. The van der Waals surface area contributed by atoms with Crippen molar-refractivity contribution < 1.29 is 30.7 Å². The smallest absolute Gasteiger partial charge is 0.352 e. The van der Waals surface area contributed by atoms with Crippen molar-refractivity contribution in [2.45, 2.75) is 18.5 Å². The molecule has 162 valence electrons. The summed E-state index contributed by atoms with van der Waals surface area (Å²) < 4.78 is 89.9. The lowest BCUT2D eigenvalue weighted by atomic mass is 10.2. The molecule has 6 nitrogen and oxygen atoms in total. The molecule has 0 aromatic carbocycles. The van der Waals surface area contributed by atoms with E-state index in [1.54, 1.807) is 9.80 Å². The van der Waals surface area contributed by atoms with Crippen molar-refractivity contribution in [3.8, 4) is 0 Å². The van der Waals surface area contributed by atoms with Crippen LogP contribution in [0, 0.1) is 0 Å². The largest absolute Gasteiger partial charge is 0.445 e. The number of aromatic nitrogens is 4. The predicted octanol–water partition coefficient (Wildman–Crippen LogP) is 4.46. The van der Waals surface area contributed by atoms with E-state index in [-0.39, 0.29) is 9.96 Å². The quantitative estimate of drug-likeness (QED) is 0.525. The first kappa shape index (κ1) is 21.0. The monoisotopic (exact) mass is 472 g/mol. The van der Waals surface area contributed by atoms with Crippen molar-refractivity contribution >= 4 is 43.8 Å². The summed E-state index contributed by atoms with van der Waals surface area (Å²) in [6, 6.07) is 1.10. The zero-order valence-corrected chi connectivity index (χ0v) is 16.3. The van der Waals surface area contributed by atoms with E-state index in [1.807, 2.05) is 0 Å². The van der Waals surface area contributed by atoms with E-state index < -0.39 is 28.4 Å². The van der Waals surface area contributed by atoms with Gasteiger partial charge in [0.2, 0.25) is 16.3 Å². The van der Waals surface area contributed by atoms with Crippen LogP contribution in [0.4, 0.5) is 41.7 Å². The molecule has 1 atom stereocenters. The van der Waals surface area contributed by atoms with Crippen LogP contribution < -0.4 is 9.80 Å². The second kappa shape index (κ2) is 7.44. The lowest BCUT2D eigenvalue weighted by molar-refractivity contribution is -0.181. The number of piperazine rings is 1. The lowest BCUT2D eigenvalue weighted by Crippen LogP contribution is -2.46. The van der Waals surface area contributed by atoms with Gasteiger partial charge in [-0.25, -0.2) is 14.4 Å². The molecule has 1 aliphatic rings. The Morgan fingerprint density at radius 3 is 2.17 bits per heavy atom. The molecular weight excluding hydrogens is 461 g/mol. The Balaban J connectivity index is 1.52. The molecule has 0 spiro atoms. The van der Waals surface area contributed by atoms with Gasteiger partial charge < -0.3 is 9.80 Å². The first-order valence-electron chi connectivity index (χ1n) is 8.40. The number of rotatable bonds is 3. The maximum Gasteiger partial charge on any atom is 0.445 e. The van der Waals surface area contributed by atoms with Gasteiger partial charge in [-0.1, -0.05) is 11.3 Å². The minimum atomic E-state index is -5.02. The van der Waals surface area contributed by atoms with E-state index in [4.69, 9.17) is 0 Å². The van der Waals surface area contributed by atoms with Crippen molar-refractivity contribution in [2.24, 2.45) is 0 Å². The number of hydrogen-bond acceptors (Lipinski definition) is 8. The number of anilines is 2. The fraction of sp³-hybridized carbons (Fsp3) is 0.467. The van der Waals surface area contributed by atoms with Crippen LogP contribution >= 0.6 is 22.7 Å². The summed E-state index contributed by atoms with van der Waals surface area (Å²) in [4.78, 5) is 11.2. The summed E-state index contributed by atoms with van der Waals surface area (Å²) in [7, 11) is 0. The number of fused-ring (bicyclic) bond motifs is 1. The van der Waals surface area contributed by atoms with Gasteiger partial charge in [0.15, 0.2) is 0 Å². The van der Waals surface area contributed by atoms with Gasteiger partial charge in [-0.05, 0) is 6.07 Å². The first-order valence-corrected chi connectivity index (χ1v) is 10.0. The Labute approximate surface area is 172 Å². The van der Waals surface area contributed by atoms with Crippen LogP contribution in [0.5, 0.6) is 0 Å². The molecule has 4 rings (SSSR count). The van der Waals surface area contributed by atoms with E-state index in [0.29, 0.717) is 60.1 Å².